The van der Waals surface area contributed by atoms with E-state index in [1.54, 1.807) is 30.6 Å². The summed E-state index contributed by atoms with van der Waals surface area (Å²) in [5, 5.41) is 0. The van der Waals surface area contributed by atoms with Crippen LogP contribution in [0.1, 0.15) is 0 Å². The second-order valence-corrected chi connectivity index (χ2v) is 3.66. The molecule has 0 atom stereocenters. The zero-order valence-corrected chi connectivity index (χ0v) is 8.81. The molecule has 2 aromatic heterocycles. The molecule has 70 valence electrons. The second kappa shape index (κ2) is 3.75. The van der Waals surface area contributed by atoms with E-state index < -0.39 is 0 Å². The minimum absolute atomic E-state index is 0.0851. The van der Waals surface area contributed by atoms with Gasteiger partial charge in [-0.2, -0.15) is 0 Å². The van der Waals surface area contributed by atoms with E-state index in [9.17, 15) is 4.79 Å². The summed E-state index contributed by atoms with van der Waals surface area (Å²) in [5.41, 5.74) is -0.0851. The van der Waals surface area contributed by atoms with E-state index in [-0.39, 0.29) is 5.56 Å². The molecule has 2 aromatic rings. The monoisotopic (exact) mass is 250 g/mol. The number of nitrogens with zero attached hydrogens (tertiary/aromatic N) is 2. The lowest BCUT2D eigenvalue weighted by atomic mass is 10.4. The highest BCUT2D eigenvalue weighted by Crippen LogP contribution is 2.10. The van der Waals surface area contributed by atoms with Crippen molar-refractivity contribution in [2.75, 3.05) is 0 Å². The Bertz CT molecular complexity index is 507. The fourth-order valence-electron chi connectivity index (χ4n) is 1.14. The molecule has 0 radical (unpaired) electrons. The van der Waals surface area contributed by atoms with Crippen LogP contribution >= 0.6 is 15.9 Å². The minimum atomic E-state index is -0.0851. The van der Waals surface area contributed by atoms with Gasteiger partial charge >= 0.3 is 0 Å². The molecule has 0 aromatic carbocycles. The van der Waals surface area contributed by atoms with Gasteiger partial charge in [-0.1, -0.05) is 22.0 Å². The number of rotatable bonds is 1. The Hall–Kier alpha value is -1.42. The van der Waals surface area contributed by atoms with E-state index in [4.69, 9.17) is 0 Å². The van der Waals surface area contributed by atoms with Crippen molar-refractivity contribution >= 4 is 15.9 Å². The van der Waals surface area contributed by atoms with E-state index in [0.717, 1.165) is 4.47 Å². The number of aromatic nitrogens is 2. The maximum atomic E-state index is 11.4. The second-order valence-electron chi connectivity index (χ2n) is 2.74. The third-order valence-electron chi connectivity index (χ3n) is 1.78. The van der Waals surface area contributed by atoms with Crippen LogP contribution in [0.4, 0.5) is 0 Å². The summed E-state index contributed by atoms with van der Waals surface area (Å²) in [6.07, 6.45) is 3.34. The van der Waals surface area contributed by atoms with Crippen LogP contribution in [0.2, 0.25) is 0 Å². The highest BCUT2D eigenvalue weighted by molar-refractivity contribution is 9.10. The Morgan fingerprint density at radius 2 is 2.14 bits per heavy atom. The van der Waals surface area contributed by atoms with Crippen molar-refractivity contribution in [1.29, 1.82) is 0 Å². The molecule has 0 amide bonds. The van der Waals surface area contributed by atoms with Crippen LogP contribution in [0.15, 0.2) is 52.0 Å². The summed E-state index contributed by atoms with van der Waals surface area (Å²) >= 11 is 3.33. The standard InChI is InChI=1S/C10H7BrN2O/c11-8-4-5-12-9(7-8)13-6-2-1-3-10(13)14/h1-7H. The molecule has 3 nitrogen and oxygen atoms in total. The van der Waals surface area contributed by atoms with Gasteiger partial charge in [-0.3, -0.25) is 9.36 Å². The normalized spacial score (nSPS) is 10.1. The fraction of sp³-hybridized carbons (Fsp3) is 0. The van der Waals surface area contributed by atoms with Crippen molar-refractivity contribution < 1.29 is 0 Å². The number of halogens is 1. The summed E-state index contributed by atoms with van der Waals surface area (Å²) in [6.45, 7) is 0. The van der Waals surface area contributed by atoms with Crippen molar-refractivity contribution in [2.45, 2.75) is 0 Å². The van der Waals surface area contributed by atoms with Gasteiger partial charge in [-0.15, -0.1) is 0 Å². The Morgan fingerprint density at radius 3 is 2.86 bits per heavy atom. The van der Waals surface area contributed by atoms with E-state index in [1.807, 2.05) is 6.07 Å². The Morgan fingerprint density at radius 1 is 1.29 bits per heavy atom. The van der Waals surface area contributed by atoms with Crippen molar-refractivity contribution in [1.82, 2.24) is 9.55 Å². The highest BCUT2D eigenvalue weighted by Gasteiger charge is 1.98. The van der Waals surface area contributed by atoms with Crippen LogP contribution in [0.3, 0.4) is 0 Å². The van der Waals surface area contributed by atoms with Gasteiger partial charge in [0, 0.05) is 22.9 Å². The number of pyridine rings is 2. The molecule has 0 aliphatic carbocycles. The van der Waals surface area contributed by atoms with Crippen molar-refractivity contribution in [3.8, 4) is 5.82 Å². The van der Waals surface area contributed by atoms with Gasteiger partial charge in [0.25, 0.3) is 5.56 Å². The van der Waals surface area contributed by atoms with Gasteiger partial charge < -0.3 is 0 Å². The molecule has 0 saturated carbocycles. The lowest BCUT2D eigenvalue weighted by Crippen LogP contribution is -2.16. The predicted octanol–water partition coefficient (Wildman–Crippen LogP) is 1.99. The maximum Gasteiger partial charge on any atom is 0.256 e. The summed E-state index contributed by atoms with van der Waals surface area (Å²) < 4.78 is 2.39. The minimum Gasteiger partial charge on any atom is -0.269 e. The van der Waals surface area contributed by atoms with Gasteiger partial charge in [0.05, 0.1) is 0 Å². The first kappa shape index (κ1) is 9.15. The van der Waals surface area contributed by atoms with Gasteiger partial charge in [-0.05, 0) is 18.2 Å². The van der Waals surface area contributed by atoms with Gasteiger partial charge in [0.1, 0.15) is 5.82 Å². The molecule has 4 heteroatoms. The van der Waals surface area contributed by atoms with E-state index in [1.165, 1.54) is 10.6 Å². The Labute approximate surface area is 89.2 Å². The Kier molecular flexibility index (Phi) is 2.45. The molecule has 0 unspecified atom stereocenters. The average Bonchev–Trinajstić information content (AvgIpc) is 2.18. The van der Waals surface area contributed by atoms with Crippen LogP contribution < -0.4 is 5.56 Å². The first-order valence-corrected chi connectivity index (χ1v) is 4.86. The van der Waals surface area contributed by atoms with E-state index in [2.05, 4.69) is 20.9 Å². The van der Waals surface area contributed by atoms with Crippen molar-refractivity contribution in [3.63, 3.8) is 0 Å². The molecule has 0 fully saturated rings. The number of hydrogen-bond acceptors (Lipinski definition) is 2. The van der Waals surface area contributed by atoms with Crippen molar-refractivity contribution in [2.24, 2.45) is 0 Å². The van der Waals surface area contributed by atoms with Crippen LogP contribution in [0.5, 0.6) is 0 Å². The first-order chi connectivity index (χ1) is 6.77. The predicted molar refractivity (Wildman–Crippen MR) is 57.5 cm³/mol. The maximum absolute atomic E-state index is 11.4. The van der Waals surface area contributed by atoms with Crippen LogP contribution in [0, 0.1) is 0 Å². The summed E-state index contributed by atoms with van der Waals surface area (Å²) in [4.78, 5) is 15.5. The quantitative estimate of drug-likeness (QED) is 0.776. The molecule has 0 spiro atoms. The van der Waals surface area contributed by atoms with Crippen LogP contribution in [-0.4, -0.2) is 9.55 Å². The van der Waals surface area contributed by atoms with Crippen molar-refractivity contribution in [3.05, 3.63) is 57.6 Å². The molecule has 2 heterocycles. The van der Waals surface area contributed by atoms with Crippen LogP contribution in [0.25, 0.3) is 5.82 Å². The van der Waals surface area contributed by atoms with Gasteiger partial charge in [-0.25, -0.2) is 4.98 Å². The van der Waals surface area contributed by atoms with Gasteiger partial charge in [0.2, 0.25) is 0 Å². The molecule has 0 bridgehead atoms. The van der Waals surface area contributed by atoms with E-state index in [0.29, 0.717) is 5.82 Å². The summed E-state index contributed by atoms with van der Waals surface area (Å²) in [7, 11) is 0. The third kappa shape index (κ3) is 1.75. The molecular formula is C10H7BrN2O. The lowest BCUT2D eigenvalue weighted by molar-refractivity contribution is 0.939. The Balaban J connectivity index is 2.61. The molecule has 14 heavy (non-hydrogen) atoms. The summed E-state index contributed by atoms with van der Waals surface area (Å²) in [6, 6.07) is 8.61. The molecule has 2 rings (SSSR count). The molecule has 0 N–H and O–H groups in total. The highest BCUT2D eigenvalue weighted by atomic mass is 79.9. The summed E-state index contributed by atoms with van der Waals surface area (Å²) in [5.74, 6) is 0.616. The number of hydrogen-bond donors (Lipinski definition) is 0. The zero-order valence-electron chi connectivity index (χ0n) is 7.22. The molecular weight excluding hydrogens is 244 g/mol. The average molecular weight is 251 g/mol. The molecule has 0 saturated heterocycles. The lowest BCUT2D eigenvalue weighted by Gasteiger charge is -2.02. The van der Waals surface area contributed by atoms with Gasteiger partial charge in [0.15, 0.2) is 0 Å². The zero-order chi connectivity index (χ0) is 9.97. The smallest absolute Gasteiger partial charge is 0.256 e. The largest absolute Gasteiger partial charge is 0.269 e. The fourth-order valence-corrected chi connectivity index (χ4v) is 1.46. The van der Waals surface area contributed by atoms with E-state index >= 15 is 0 Å². The van der Waals surface area contributed by atoms with Crippen LogP contribution in [-0.2, 0) is 0 Å². The topological polar surface area (TPSA) is 34.9 Å². The molecule has 0 aliphatic heterocycles. The SMILES string of the molecule is O=c1ccccn1-c1cc(Br)ccn1. The first-order valence-electron chi connectivity index (χ1n) is 4.07. The third-order valence-corrected chi connectivity index (χ3v) is 2.27. The molecule has 0 aliphatic rings.